The molecule has 1 rings (SSSR count). The van der Waals surface area contributed by atoms with Gasteiger partial charge in [-0.15, -0.1) is 5.92 Å². The maximum atomic E-state index is 12.4. The van der Waals surface area contributed by atoms with Crippen LogP contribution in [0.4, 0.5) is 4.79 Å². The number of rotatable bonds is 3. The van der Waals surface area contributed by atoms with Gasteiger partial charge in [-0.3, -0.25) is 4.90 Å². The lowest BCUT2D eigenvalue weighted by atomic mass is 9.90. The maximum absolute atomic E-state index is 12.4. The zero-order chi connectivity index (χ0) is 15.9. The number of azide groups is 1. The van der Waals surface area contributed by atoms with Crippen LogP contribution in [0, 0.1) is 11.8 Å². The van der Waals surface area contributed by atoms with E-state index in [9.17, 15) is 4.79 Å². The van der Waals surface area contributed by atoms with Gasteiger partial charge in [-0.2, -0.15) is 0 Å². The Morgan fingerprint density at radius 1 is 1.43 bits per heavy atom. The van der Waals surface area contributed by atoms with Crippen LogP contribution in [-0.2, 0) is 4.74 Å². The Balaban J connectivity index is 2.95. The van der Waals surface area contributed by atoms with Crippen LogP contribution >= 0.6 is 0 Å². The zero-order valence-corrected chi connectivity index (χ0v) is 13.3. The van der Waals surface area contributed by atoms with Gasteiger partial charge in [-0.05, 0) is 46.1 Å². The van der Waals surface area contributed by atoms with Crippen molar-refractivity contribution in [1.82, 2.24) is 4.90 Å². The molecule has 1 aliphatic rings. The summed E-state index contributed by atoms with van der Waals surface area (Å²) in [6.07, 6.45) is 3.25. The molecule has 1 amide bonds. The molecule has 0 aliphatic heterocycles. The van der Waals surface area contributed by atoms with Crippen molar-refractivity contribution in [2.75, 3.05) is 6.54 Å². The van der Waals surface area contributed by atoms with E-state index in [1.807, 2.05) is 20.8 Å². The van der Waals surface area contributed by atoms with Gasteiger partial charge in [0.1, 0.15) is 5.60 Å². The SMILES string of the molecule is CC#CCN(C(=O)OC(C)(C)C)[C@@H]1CCCC[C@@H]1N=[N+]=[N-]. The summed E-state index contributed by atoms with van der Waals surface area (Å²) < 4.78 is 5.46. The third kappa shape index (κ3) is 5.57. The smallest absolute Gasteiger partial charge is 0.411 e. The Labute approximate surface area is 126 Å². The van der Waals surface area contributed by atoms with E-state index in [-0.39, 0.29) is 12.1 Å². The van der Waals surface area contributed by atoms with Gasteiger partial charge in [-0.25, -0.2) is 4.79 Å². The first-order valence-electron chi connectivity index (χ1n) is 7.32. The first kappa shape index (κ1) is 17.2. The molecule has 0 spiro atoms. The number of carbonyl (C=O) groups excluding carboxylic acids is 1. The van der Waals surface area contributed by atoms with Crippen molar-refractivity contribution in [3.05, 3.63) is 10.4 Å². The fourth-order valence-electron chi connectivity index (χ4n) is 2.46. The van der Waals surface area contributed by atoms with Crippen molar-refractivity contribution in [3.63, 3.8) is 0 Å². The van der Waals surface area contributed by atoms with Gasteiger partial charge in [0.05, 0.1) is 12.6 Å². The molecular formula is C15H24N4O2. The van der Waals surface area contributed by atoms with Gasteiger partial charge >= 0.3 is 6.09 Å². The van der Waals surface area contributed by atoms with E-state index in [0.29, 0.717) is 6.54 Å². The molecule has 116 valence electrons. The first-order valence-corrected chi connectivity index (χ1v) is 7.32. The highest BCUT2D eigenvalue weighted by molar-refractivity contribution is 5.69. The molecule has 0 aromatic heterocycles. The molecule has 0 saturated heterocycles. The number of carbonyl (C=O) groups is 1. The molecule has 0 heterocycles. The molecule has 2 atom stereocenters. The van der Waals surface area contributed by atoms with Crippen molar-refractivity contribution in [2.45, 2.75) is 71.1 Å². The van der Waals surface area contributed by atoms with Crippen molar-refractivity contribution >= 4 is 6.09 Å². The average molecular weight is 292 g/mol. The normalized spacial score (nSPS) is 21.5. The van der Waals surface area contributed by atoms with Crippen LogP contribution in [0.3, 0.4) is 0 Å². The van der Waals surface area contributed by atoms with Gasteiger partial charge in [0.15, 0.2) is 0 Å². The van der Waals surface area contributed by atoms with Crippen LogP contribution in [0.5, 0.6) is 0 Å². The second-order valence-corrected chi connectivity index (χ2v) is 6.16. The van der Waals surface area contributed by atoms with E-state index in [1.54, 1.807) is 11.8 Å². The van der Waals surface area contributed by atoms with Crippen LogP contribution in [-0.4, -0.2) is 35.2 Å². The van der Waals surface area contributed by atoms with E-state index < -0.39 is 11.7 Å². The molecule has 21 heavy (non-hydrogen) atoms. The third-order valence-electron chi connectivity index (χ3n) is 3.35. The Hall–Kier alpha value is -1.86. The Morgan fingerprint density at radius 3 is 2.67 bits per heavy atom. The standard InChI is InChI=1S/C15H24N4O2/c1-5-6-11-19(14(20)21-15(2,3)4)13-10-8-7-9-12(13)17-18-16/h12-13H,7-11H2,1-4H3/t12-,13+/m0/s1. The lowest BCUT2D eigenvalue weighted by Crippen LogP contribution is -2.49. The minimum Gasteiger partial charge on any atom is -0.444 e. The second kappa shape index (κ2) is 7.80. The zero-order valence-electron chi connectivity index (χ0n) is 13.3. The highest BCUT2D eigenvalue weighted by Gasteiger charge is 2.34. The average Bonchev–Trinajstić information content (AvgIpc) is 2.39. The molecule has 0 unspecified atom stereocenters. The maximum Gasteiger partial charge on any atom is 0.411 e. The van der Waals surface area contributed by atoms with E-state index in [0.717, 1.165) is 25.7 Å². The molecule has 1 saturated carbocycles. The molecule has 6 heteroatoms. The third-order valence-corrected chi connectivity index (χ3v) is 3.35. The van der Waals surface area contributed by atoms with Crippen LogP contribution in [0.1, 0.15) is 53.4 Å². The monoisotopic (exact) mass is 292 g/mol. The summed E-state index contributed by atoms with van der Waals surface area (Å²) in [6.45, 7) is 7.54. The fraction of sp³-hybridized carbons (Fsp3) is 0.800. The van der Waals surface area contributed by atoms with Crippen molar-refractivity contribution in [3.8, 4) is 11.8 Å². The summed E-state index contributed by atoms with van der Waals surface area (Å²) in [5, 5.41) is 3.86. The molecule has 0 aromatic rings. The lowest BCUT2D eigenvalue weighted by Gasteiger charge is -2.37. The van der Waals surface area contributed by atoms with Crippen LogP contribution < -0.4 is 0 Å². The van der Waals surface area contributed by atoms with E-state index >= 15 is 0 Å². The van der Waals surface area contributed by atoms with Crippen molar-refractivity contribution < 1.29 is 9.53 Å². The van der Waals surface area contributed by atoms with Gasteiger partial charge < -0.3 is 4.74 Å². The fourth-order valence-corrected chi connectivity index (χ4v) is 2.46. The van der Waals surface area contributed by atoms with Crippen LogP contribution in [0.15, 0.2) is 5.11 Å². The number of ether oxygens (including phenoxy) is 1. The predicted octanol–water partition coefficient (Wildman–Crippen LogP) is 3.87. The summed E-state index contributed by atoms with van der Waals surface area (Å²) in [4.78, 5) is 16.9. The van der Waals surface area contributed by atoms with Crippen molar-refractivity contribution in [2.24, 2.45) is 5.11 Å². The molecule has 0 aromatic carbocycles. The highest BCUT2D eigenvalue weighted by atomic mass is 16.6. The van der Waals surface area contributed by atoms with Crippen LogP contribution in [0.2, 0.25) is 0 Å². The topological polar surface area (TPSA) is 78.3 Å². The molecule has 1 fully saturated rings. The van der Waals surface area contributed by atoms with E-state index in [4.69, 9.17) is 10.3 Å². The van der Waals surface area contributed by atoms with E-state index in [2.05, 4.69) is 21.9 Å². The Morgan fingerprint density at radius 2 is 2.10 bits per heavy atom. The summed E-state index contributed by atoms with van der Waals surface area (Å²) in [7, 11) is 0. The predicted molar refractivity (Wildman–Crippen MR) is 81.6 cm³/mol. The molecule has 0 N–H and O–H groups in total. The number of hydrogen-bond donors (Lipinski definition) is 0. The number of nitrogens with zero attached hydrogens (tertiary/aromatic N) is 4. The minimum absolute atomic E-state index is 0.134. The summed E-state index contributed by atoms with van der Waals surface area (Å²) in [5.41, 5.74) is 8.16. The van der Waals surface area contributed by atoms with Gasteiger partial charge in [-0.1, -0.05) is 23.9 Å². The first-order chi connectivity index (χ1) is 9.89. The van der Waals surface area contributed by atoms with E-state index in [1.165, 1.54) is 0 Å². The van der Waals surface area contributed by atoms with Crippen LogP contribution in [0.25, 0.3) is 10.4 Å². The minimum atomic E-state index is -0.558. The van der Waals surface area contributed by atoms with Gasteiger partial charge in [0.2, 0.25) is 0 Å². The Kier molecular flexibility index (Phi) is 6.39. The molecule has 0 bridgehead atoms. The second-order valence-electron chi connectivity index (χ2n) is 6.16. The largest absolute Gasteiger partial charge is 0.444 e. The van der Waals surface area contributed by atoms with Gasteiger partial charge in [0, 0.05) is 11.0 Å². The molecule has 6 nitrogen and oxygen atoms in total. The summed E-state index contributed by atoms with van der Waals surface area (Å²) in [5.74, 6) is 5.71. The number of hydrogen-bond acceptors (Lipinski definition) is 3. The molecule has 0 radical (unpaired) electrons. The van der Waals surface area contributed by atoms with Gasteiger partial charge in [0.25, 0.3) is 0 Å². The number of amides is 1. The molecular weight excluding hydrogens is 268 g/mol. The summed E-state index contributed by atoms with van der Waals surface area (Å²) in [6, 6.07) is -0.333. The van der Waals surface area contributed by atoms with Crippen molar-refractivity contribution in [1.29, 1.82) is 0 Å². The summed E-state index contributed by atoms with van der Waals surface area (Å²) >= 11 is 0. The highest BCUT2D eigenvalue weighted by Crippen LogP contribution is 2.27. The lowest BCUT2D eigenvalue weighted by molar-refractivity contribution is 0.0133. The Bertz CT molecular complexity index is 466. The molecule has 1 aliphatic carbocycles. The quantitative estimate of drug-likeness (QED) is 0.342.